The molecule has 2 heteroatoms. The monoisotopic (exact) mass is 416 g/mol. The van der Waals surface area contributed by atoms with Crippen LogP contribution in [0.3, 0.4) is 0 Å². The molecule has 2 aromatic rings. The Bertz CT molecular complexity index is 902. The van der Waals surface area contributed by atoms with E-state index in [2.05, 4.69) is 94.9 Å². The van der Waals surface area contributed by atoms with Crippen molar-refractivity contribution >= 4 is 13.9 Å². The molecular weight excluding hydrogens is 380 g/mol. The summed E-state index contributed by atoms with van der Waals surface area (Å²) in [5.74, 6) is 0.610. The van der Waals surface area contributed by atoms with E-state index in [1.54, 1.807) is 5.57 Å². The molecule has 0 N–H and O–H groups in total. The Labute approximate surface area is 184 Å². The number of fused-ring (bicyclic) bond motifs is 1. The highest BCUT2D eigenvalue weighted by atomic mass is 28.4. The highest BCUT2D eigenvalue weighted by molar-refractivity contribution is 6.76. The Balaban J connectivity index is 1.75. The zero-order valence-corrected chi connectivity index (χ0v) is 20.0. The first-order valence-corrected chi connectivity index (χ1v) is 13.9. The number of aryl methyl sites for hydroxylation is 1. The average Bonchev–Trinajstić information content (AvgIpc) is 3.08. The minimum absolute atomic E-state index is 0.217. The van der Waals surface area contributed by atoms with Crippen molar-refractivity contribution in [3.8, 4) is 0 Å². The lowest BCUT2D eigenvalue weighted by Gasteiger charge is -2.48. The van der Waals surface area contributed by atoms with Gasteiger partial charge in [0.2, 0.25) is 0 Å². The van der Waals surface area contributed by atoms with E-state index in [-0.39, 0.29) is 6.10 Å². The highest BCUT2D eigenvalue weighted by Gasteiger charge is 2.52. The van der Waals surface area contributed by atoms with Gasteiger partial charge in [-0.15, -0.1) is 0 Å². The smallest absolute Gasteiger partial charge is 0.199 e. The number of benzene rings is 2. The summed E-state index contributed by atoms with van der Waals surface area (Å²) < 4.78 is 7.27. The van der Waals surface area contributed by atoms with Crippen molar-refractivity contribution in [1.82, 2.24) is 0 Å². The van der Waals surface area contributed by atoms with Crippen LogP contribution in [-0.2, 0) is 10.8 Å². The fraction of sp³-hybridized carbons (Fsp3) is 0.429. The number of hydrogen-bond acceptors (Lipinski definition) is 1. The Morgan fingerprint density at radius 1 is 0.933 bits per heavy atom. The van der Waals surface area contributed by atoms with Gasteiger partial charge in [-0.25, -0.2) is 0 Å². The first-order chi connectivity index (χ1) is 14.4. The van der Waals surface area contributed by atoms with E-state index in [1.807, 2.05) is 0 Å². The molecule has 2 aromatic carbocycles. The molecule has 30 heavy (non-hydrogen) atoms. The van der Waals surface area contributed by atoms with Gasteiger partial charge in [0, 0.05) is 0 Å². The molecule has 4 rings (SSSR count). The molecule has 2 atom stereocenters. The van der Waals surface area contributed by atoms with Crippen LogP contribution in [0.15, 0.2) is 78.4 Å². The average molecular weight is 417 g/mol. The topological polar surface area (TPSA) is 9.23 Å². The summed E-state index contributed by atoms with van der Waals surface area (Å²) in [6.45, 7) is 14.1. The third kappa shape index (κ3) is 3.88. The zero-order chi connectivity index (χ0) is 21.3. The summed E-state index contributed by atoms with van der Waals surface area (Å²) in [7, 11) is -1.86. The molecule has 0 bridgehead atoms. The second-order valence-electron chi connectivity index (χ2n) is 9.80. The lowest BCUT2D eigenvalue weighted by Crippen LogP contribution is -2.53. The summed E-state index contributed by atoms with van der Waals surface area (Å²) in [5, 5.41) is 0. The molecule has 0 radical (unpaired) electrons. The van der Waals surface area contributed by atoms with Crippen LogP contribution in [0.1, 0.15) is 51.7 Å². The van der Waals surface area contributed by atoms with E-state index in [0.29, 0.717) is 17.0 Å². The van der Waals surface area contributed by atoms with Gasteiger partial charge in [-0.05, 0) is 70.2 Å². The maximum absolute atomic E-state index is 7.27. The van der Waals surface area contributed by atoms with Gasteiger partial charge in [0.05, 0.1) is 6.10 Å². The van der Waals surface area contributed by atoms with E-state index in [0.717, 1.165) is 19.3 Å². The van der Waals surface area contributed by atoms with Crippen molar-refractivity contribution in [2.24, 2.45) is 5.92 Å². The molecule has 1 saturated heterocycles. The molecule has 1 aliphatic heterocycles. The van der Waals surface area contributed by atoms with E-state index in [1.165, 1.54) is 28.3 Å². The minimum atomic E-state index is -1.86. The molecule has 2 unspecified atom stereocenters. The van der Waals surface area contributed by atoms with Crippen LogP contribution >= 0.6 is 0 Å². The van der Waals surface area contributed by atoms with Gasteiger partial charge in [-0.3, -0.25) is 0 Å². The Morgan fingerprint density at radius 3 is 2.13 bits per heavy atom. The molecule has 1 fully saturated rings. The predicted octanol–water partition coefficient (Wildman–Crippen LogP) is 7.81. The summed E-state index contributed by atoms with van der Waals surface area (Å²) >= 11 is 0. The molecule has 0 aromatic heterocycles. The molecule has 158 valence electrons. The van der Waals surface area contributed by atoms with E-state index >= 15 is 0 Å². The molecule has 2 aliphatic rings. The number of rotatable bonds is 6. The van der Waals surface area contributed by atoms with Crippen molar-refractivity contribution < 1.29 is 4.43 Å². The highest BCUT2D eigenvalue weighted by Crippen LogP contribution is 2.55. The van der Waals surface area contributed by atoms with Gasteiger partial charge in [0.15, 0.2) is 8.32 Å². The number of allylic oxidation sites excluding steroid dienone is 2. The van der Waals surface area contributed by atoms with E-state index < -0.39 is 8.32 Å². The first kappa shape index (κ1) is 21.3. The van der Waals surface area contributed by atoms with Gasteiger partial charge < -0.3 is 4.43 Å². The van der Waals surface area contributed by atoms with Gasteiger partial charge in [-0.1, -0.05) is 94.9 Å². The largest absolute Gasteiger partial charge is 0.410 e. The van der Waals surface area contributed by atoms with Crippen LogP contribution in [0.25, 0.3) is 5.57 Å². The second kappa shape index (κ2) is 8.68. The van der Waals surface area contributed by atoms with Gasteiger partial charge in [0.1, 0.15) is 0 Å². The molecule has 1 aliphatic carbocycles. The van der Waals surface area contributed by atoms with Crippen LogP contribution in [-0.4, -0.2) is 14.4 Å². The van der Waals surface area contributed by atoms with Crippen molar-refractivity contribution in [3.63, 3.8) is 0 Å². The predicted molar refractivity (Wildman–Crippen MR) is 131 cm³/mol. The Kier molecular flexibility index (Phi) is 6.18. The molecular formula is C28H36OSi. The lowest BCUT2D eigenvalue weighted by atomic mass is 9.90. The van der Waals surface area contributed by atoms with Gasteiger partial charge in [0.25, 0.3) is 0 Å². The molecule has 0 amide bonds. The van der Waals surface area contributed by atoms with E-state index in [9.17, 15) is 0 Å². The summed E-state index contributed by atoms with van der Waals surface area (Å²) in [6, 6.07) is 23.0. The maximum atomic E-state index is 7.27. The minimum Gasteiger partial charge on any atom is -0.410 e. The van der Waals surface area contributed by atoms with Crippen LogP contribution < -0.4 is 0 Å². The van der Waals surface area contributed by atoms with E-state index in [4.69, 9.17) is 4.43 Å². The lowest BCUT2D eigenvalue weighted by molar-refractivity contribution is 0.170. The first-order valence-electron chi connectivity index (χ1n) is 11.6. The van der Waals surface area contributed by atoms with Crippen molar-refractivity contribution in [2.45, 2.75) is 70.2 Å². The fourth-order valence-electron chi connectivity index (χ4n) is 5.83. The Morgan fingerprint density at radius 2 is 1.53 bits per heavy atom. The summed E-state index contributed by atoms with van der Waals surface area (Å²) in [6.07, 6.45) is 3.46. The van der Waals surface area contributed by atoms with Crippen LogP contribution in [0.4, 0.5) is 0 Å². The summed E-state index contributed by atoms with van der Waals surface area (Å²) in [4.78, 5) is 0. The third-order valence-corrected chi connectivity index (χ3v) is 13.2. The van der Waals surface area contributed by atoms with Crippen LogP contribution in [0.2, 0.25) is 17.1 Å². The van der Waals surface area contributed by atoms with Crippen molar-refractivity contribution in [1.29, 1.82) is 0 Å². The fourth-order valence-corrected chi connectivity index (χ4v) is 10.7. The zero-order valence-electron chi connectivity index (χ0n) is 19.0. The standard InChI is InChI=1S/C28H36OSi/c1-20(2)30(21(3)4)19-25-18-22(5)27(24-14-10-7-11-15-24)28(25)26(29-30)17-16-23-12-8-6-9-13-23/h6-15,20-21,25-26H,5,16-19H2,1-4H3. The molecule has 0 spiro atoms. The SMILES string of the molecule is C=C1CC2C[Si](C(C)C)(C(C)C)OC(CCc3ccccc3)C2=C1c1ccccc1. The van der Waals surface area contributed by atoms with Crippen LogP contribution in [0, 0.1) is 5.92 Å². The third-order valence-electron chi connectivity index (χ3n) is 7.40. The van der Waals surface area contributed by atoms with Gasteiger partial charge in [-0.2, -0.15) is 0 Å². The van der Waals surface area contributed by atoms with Crippen molar-refractivity contribution in [3.05, 3.63) is 89.5 Å². The van der Waals surface area contributed by atoms with Gasteiger partial charge >= 0.3 is 0 Å². The maximum Gasteiger partial charge on any atom is 0.199 e. The molecule has 0 saturated carbocycles. The second-order valence-corrected chi connectivity index (χ2v) is 14.7. The van der Waals surface area contributed by atoms with Crippen LogP contribution in [0.5, 0.6) is 0 Å². The number of hydrogen-bond donors (Lipinski definition) is 0. The Hall–Kier alpha value is -1.90. The molecule has 1 heterocycles. The normalized spacial score (nSPS) is 23.3. The van der Waals surface area contributed by atoms with Crippen molar-refractivity contribution in [2.75, 3.05) is 0 Å². The quantitative estimate of drug-likeness (QED) is 0.436. The molecule has 1 nitrogen and oxygen atoms in total. The summed E-state index contributed by atoms with van der Waals surface area (Å²) in [5.41, 5.74) is 8.24.